The van der Waals surface area contributed by atoms with Gasteiger partial charge in [-0.2, -0.15) is 0 Å². The van der Waals surface area contributed by atoms with Gasteiger partial charge in [-0.1, -0.05) is 12.8 Å². The maximum Gasteiger partial charge on any atom is 0.0518 e. The van der Waals surface area contributed by atoms with E-state index < -0.39 is 0 Å². The van der Waals surface area contributed by atoms with Gasteiger partial charge in [0.15, 0.2) is 0 Å². The largest absolute Gasteiger partial charge is 0.379 e. The quantitative estimate of drug-likeness (QED) is 0.269. The Balaban J connectivity index is 0. The van der Waals surface area contributed by atoms with Gasteiger partial charge in [-0.05, 0) is 87.5 Å². The monoisotopic (exact) mass is 390 g/mol. The second-order valence-corrected chi connectivity index (χ2v) is 8.15. The summed E-state index contributed by atoms with van der Waals surface area (Å²) in [5.74, 6) is 0. The number of rotatable bonds is 17. The van der Waals surface area contributed by atoms with Gasteiger partial charge in [0, 0.05) is 26.4 Å². The van der Waals surface area contributed by atoms with E-state index in [4.69, 9.17) is 18.9 Å². The van der Waals surface area contributed by atoms with Crippen LogP contribution in [0.2, 0.25) is 0 Å². The van der Waals surface area contributed by atoms with Crippen LogP contribution in [0.5, 0.6) is 0 Å². The average Bonchev–Trinajstić information content (AvgIpc) is 2.56. The molecule has 4 heteroatoms. The summed E-state index contributed by atoms with van der Waals surface area (Å²) in [7, 11) is 0. The fourth-order valence-corrected chi connectivity index (χ4v) is 2.21. The van der Waals surface area contributed by atoms with Gasteiger partial charge in [0.25, 0.3) is 0 Å². The van der Waals surface area contributed by atoms with Crippen molar-refractivity contribution in [2.45, 2.75) is 125 Å². The van der Waals surface area contributed by atoms with Crippen molar-refractivity contribution in [2.24, 2.45) is 0 Å². The number of hydrogen-bond donors (Lipinski definition) is 0. The van der Waals surface area contributed by atoms with Crippen molar-refractivity contribution in [1.82, 2.24) is 0 Å². The van der Waals surface area contributed by atoms with Crippen molar-refractivity contribution in [3.8, 4) is 0 Å². The molecule has 0 aliphatic rings. The van der Waals surface area contributed by atoms with E-state index in [0.29, 0.717) is 24.4 Å². The van der Waals surface area contributed by atoms with Gasteiger partial charge in [-0.3, -0.25) is 0 Å². The third-order valence-corrected chi connectivity index (χ3v) is 3.63. The normalized spacial score (nSPS) is 11.6. The summed E-state index contributed by atoms with van der Waals surface area (Å²) in [4.78, 5) is 0. The molecule has 0 heterocycles. The van der Waals surface area contributed by atoms with Crippen LogP contribution in [-0.2, 0) is 18.9 Å². The molecule has 0 radical (unpaired) electrons. The predicted octanol–water partition coefficient (Wildman–Crippen LogP) is 6.40. The molecular weight excluding hydrogens is 340 g/mol. The highest BCUT2D eigenvalue weighted by Crippen LogP contribution is 2.03. The Morgan fingerprint density at radius 2 is 0.519 bits per heavy atom. The molecule has 0 aromatic rings. The Bertz CT molecular complexity index is 239. The van der Waals surface area contributed by atoms with E-state index in [2.05, 4.69) is 55.4 Å². The SMILES string of the molecule is CC(C)OCCCCCCOC(C)C.CC(C)OCCCCCOC(C)C. The lowest BCUT2D eigenvalue weighted by Gasteiger charge is -2.08. The smallest absolute Gasteiger partial charge is 0.0518 e. The lowest BCUT2D eigenvalue weighted by atomic mass is 10.2. The molecule has 0 aromatic carbocycles. The van der Waals surface area contributed by atoms with Crippen LogP contribution < -0.4 is 0 Å². The zero-order valence-electron chi connectivity index (χ0n) is 19.7. The molecule has 0 amide bonds. The van der Waals surface area contributed by atoms with Gasteiger partial charge in [0.1, 0.15) is 0 Å². The zero-order valence-corrected chi connectivity index (χ0v) is 19.7. The zero-order chi connectivity index (χ0) is 20.9. The molecule has 0 spiro atoms. The molecule has 0 aliphatic carbocycles. The molecule has 0 saturated heterocycles. The fraction of sp³-hybridized carbons (Fsp3) is 1.00. The molecule has 0 aliphatic heterocycles. The Morgan fingerprint density at radius 3 is 0.704 bits per heavy atom. The summed E-state index contributed by atoms with van der Waals surface area (Å²) < 4.78 is 21.8. The maximum absolute atomic E-state index is 5.46. The molecule has 4 nitrogen and oxygen atoms in total. The first-order chi connectivity index (χ1) is 12.8. The summed E-state index contributed by atoms with van der Waals surface area (Å²) in [5, 5.41) is 0. The molecule has 0 atom stereocenters. The van der Waals surface area contributed by atoms with Crippen molar-refractivity contribution in [1.29, 1.82) is 0 Å². The first-order valence-corrected chi connectivity index (χ1v) is 11.2. The minimum absolute atomic E-state index is 0.368. The summed E-state index contributed by atoms with van der Waals surface area (Å²) in [5.41, 5.74) is 0. The Labute approximate surface area is 170 Å². The number of hydrogen-bond acceptors (Lipinski definition) is 4. The molecule has 0 bridgehead atoms. The second-order valence-electron chi connectivity index (χ2n) is 8.15. The van der Waals surface area contributed by atoms with Crippen LogP contribution in [0.1, 0.15) is 100 Å². The van der Waals surface area contributed by atoms with Crippen molar-refractivity contribution < 1.29 is 18.9 Å². The molecule has 0 aromatic heterocycles. The van der Waals surface area contributed by atoms with Crippen molar-refractivity contribution in [2.75, 3.05) is 26.4 Å². The molecule has 27 heavy (non-hydrogen) atoms. The predicted molar refractivity (Wildman–Crippen MR) is 117 cm³/mol. The van der Waals surface area contributed by atoms with E-state index in [1.807, 2.05) is 0 Å². The molecule has 166 valence electrons. The van der Waals surface area contributed by atoms with Gasteiger partial charge in [-0.15, -0.1) is 0 Å². The van der Waals surface area contributed by atoms with Crippen molar-refractivity contribution >= 4 is 0 Å². The molecular formula is C23H50O4. The van der Waals surface area contributed by atoms with Gasteiger partial charge in [0.2, 0.25) is 0 Å². The maximum atomic E-state index is 5.46. The second kappa shape index (κ2) is 22.1. The van der Waals surface area contributed by atoms with E-state index in [1.165, 1.54) is 32.1 Å². The minimum Gasteiger partial charge on any atom is -0.379 e. The van der Waals surface area contributed by atoms with Gasteiger partial charge < -0.3 is 18.9 Å². The summed E-state index contributed by atoms with van der Waals surface area (Å²) in [6.07, 6.45) is 9.87. The van der Waals surface area contributed by atoms with Crippen LogP contribution in [0.4, 0.5) is 0 Å². The molecule has 0 N–H and O–H groups in total. The van der Waals surface area contributed by atoms with E-state index in [-0.39, 0.29) is 0 Å². The summed E-state index contributed by atoms with van der Waals surface area (Å²) in [6, 6.07) is 0. The third kappa shape index (κ3) is 33.8. The van der Waals surface area contributed by atoms with Crippen LogP contribution in [0, 0.1) is 0 Å². The van der Waals surface area contributed by atoms with Crippen LogP contribution in [-0.4, -0.2) is 50.8 Å². The van der Waals surface area contributed by atoms with Gasteiger partial charge in [0.05, 0.1) is 24.4 Å². The highest BCUT2D eigenvalue weighted by atomic mass is 16.5. The number of ether oxygens (including phenoxy) is 4. The standard InChI is InChI=1S/C12H26O2.C11H24O2/c1-11(2)13-9-7-5-6-8-10-14-12(3)4;1-10(2)12-8-6-5-7-9-13-11(3)4/h11-12H,5-10H2,1-4H3;10-11H,5-9H2,1-4H3. The Morgan fingerprint density at radius 1 is 0.333 bits per heavy atom. The molecule has 0 fully saturated rings. The summed E-state index contributed by atoms with van der Waals surface area (Å²) >= 11 is 0. The summed E-state index contributed by atoms with van der Waals surface area (Å²) in [6.45, 7) is 20.2. The van der Waals surface area contributed by atoms with Crippen LogP contribution in [0.15, 0.2) is 0 Å². The van der Waals surface area contributed by atoms with E-state index in [0.717, 1.165) is 39.3 Å². The van der Waals surface area contributed by atoms with Gasteiger partial charge >= 0.3 is 0 Å². The fourth-order valence-electron chi connectivity index (χ4n) is 2.21. The first kappa shape index (κ1) is 29.0. The van der Waals surface area contributed by atoms with E-state index in [9.17, 15) is 0 Å². The van der Waals surface area contributed by atoms with Crippen LogP contribution >= 0.6 is 0 Å². The lowest BCUT2D eigenvalue weighted by molar-refractivity contribution is 0.0633. The first-order valence-electron chi connectivity index (χ1n) is 11.2. The highest BCUT2D eigenvalue weighted by Gasteiger charge is 1.96. The van der Waals surface area contributed by atoms with Gasteiger partial charge in [-0.25, -0.2) is 0 Å². The highest BCUT2D eigenvalue weighted by molar-refractivity contribution is 4.46. The average molecular weight is 391 g/mol. The van der Waals surface area contributed by atoms with Crippen LogP contribution in [0.3, 0.4) is 0 Å². The Hall–Kier alpha value is -0.160. The van der Waals surface area contributed by atoms with Crippen LogP contribution in [0.25, 0.3) is 0 Å². The van der Waals surface area contributed by atoms with E-state index in [1.54, 1.807) is 0 Å². The number of unbranched alkanes of at least 4 members (excludes halogenated alkanes) is 5. The molecule has 0 rings (SSSR count). The molecule has 0 saturated carbocycles. The van der Waals surface area contributed by atoms with Crippen molar-refractivity contribution in [3.63, 3.8) is 0 Å². The van der Waals surface area contributed by atoms with E-state index >= 15 is 0 Å². The lowest BCUT2D eigenvalue weighted by Crippen LogP contribution is -2.06. The minimum atomic E-state index is 0.368. The topological polar surface area (TPSA) is 36.9 Å². The molecule has 0 unspecified atom stereocenters. The third-order valence-electron chi connectivity index (χ3n) is 3.63. The Kier molecular flexibility index (Phi) is 23.8. The van der Waals surface area contributed by atoms with Crippen molar-refractivity contribution in [3.05, 3.63) is 0 Å².